The standard InChI is InChI=1S/C17H17N5O2/c23-17(12-2-1-5-18-7-12)22-16-6-14-11(8-20-16)3-4-13(21-14)15-9-19-10-24-15/h3-4,6,8-10,12,18H,1-2,5,7H2,(H,20,22,23). The summed E-state index contributed by atoms with van der Waals surface area (Å²) in [6.45, 7) is 1.69. The Morgan fingerprint density at radius 2 is 2.29 bits per heavy atom. The Bertz CT molecular complexity index is 857. The number of carbonyl (C=O) groups is 1. The van der Waals surface area contributed by atoms with Gasteiger partial charge in [0.2, 0.25) is 5.91 Å². The molecule has 7 nitrogen and oxygen atoms in total. The van der Waals surface area contributed by atoms with Crippen molar-refractivity contribution < 1.29 is 9.21 Å². The maximum atomic E-state index is 12.3. The lowest BCUT2D eigenvalue weighted by molar-refractivity contribution is -0.120. The second-order valence-electron chi connectivity index (χ2n) is 5.86. The van der Waals surface area contributed by atoms with Gasteiger partial charge in [-0.2, -0.15) is 0 Å². The molecule has 0 aromatic carbocycles. The maximum Gasteiger partial charge on any atom is 0.229 e. The minimum Gasteiger partial charge on any atom is -0.442 e. The van der Waals surface area contributed by atoms with Crippen LogP contribution in [0.25, 0.3) is 22.4 Å². The van der Waals surface area contributed by atoms with Crippen molar-refractivity contribution in [2.24, 2.45) is 5.92 Å². The van der Waals surface area contributed by atoms with Crippen LogP contribution >= 0.6 is 0 Å². The molecule has 1 aliphatic rings. The quantitative estimate of drug-likeness (QED) is 0.768. The van der Waals surface area contributed by atoms with Gasteiger partial charge in [0.1, 0.15) is 11.5 Å². The molecule has 2 N–H and O–H groups in total. The number of fused-ring (bicyclic) bond motifs is 1. The van der Waals surface area contributed by atoms with Crippen LogP contribution in [-0.4, -0.2) is 33.9 Å². The van der Waals surface area contributed by atoms with Crippen molar-refractivity contribution in [3.63, 3.8) is 0 Å². The molecule has 3 aromatic rings. The Hall–Kier alpha value is -2.80. The fraction of sp³-hybridized carbons (Fsp3) is 0.294. The van der Waals surface area contributed by atoms with Crippen molar-refractivity contribution in [1.29, 1.82) is 0 Å². The Kier molecular flexibility index (Phi) is 3.92. The van der Waals surface area contributed by atoms with Crippen LogP contribution in [0.5, 0.6) is 0 Å². The first-order valence-electron chi connectivity index (χ1n) is 7.97. The molecule has 0 radical (unpaired) electrons. The Balaban J connectivity index is 1.58. The first kappa shape index (κ1) is 14.8. The fourth-order valence-corrected chi connectivity index (χ4v) is 2.87. The summed E-state index contributed by atoms with van der Waals surface area (Å²) in [4.78, 5) is 25.1. The van der Waals surface area contributed by atoms with Gasteiger partial charge in [0, 0.05) is 24.2 Å². The lowest BCUT2D eigenvalue weighted by Gasteiger charge is -2.21. The first-order valence-corrected chi connectivity index (χ1v) is 7.97. The van der Waals surface area contributed by atoms with Crippen molar-refractivity contribution in [2.75, 3.05) is 18.4 Å². The molecule has 1 saturated heterocycles. The van der Waals surface area contributed by atoms with Gasteiger partial charge in [0.15, 0.2) is 12.2 Å². The summed E-state index contributed by atoms with van der Waals surface area (Å²) in [5, 5.41) is 7.04. The summed E-state index contributed by atoms with van der Waals surface area (Å²) in [6, 6.07) is 5.56. The van der Waals surface area contributed by atoms with Gasteiger partial charge < -0.3 is 15.1 Å². The third-order valence-corrected chi connectivity index (χ3v) is 4.18. The highest BCUT2D eigenvalue weighted by molar-refractivity contribution is 5.93. The van der Waals surface area contributed by atoms with Crippen LogP contribution in [0.3, 0.4) is 0 Å². The van der Waals surface area contributed by atoms with E-state index < -0.39 is 0 Å². The predicted molar refractivity (Wildman–Crippen MR) is 89.3 cm³/mol. The molecule has 0 bridgehead atoms. The summed E-state index contributed by atoms with van der Waals surface area (Å²) in [5.41, 5.74) is 1.44. The third kappa shape index (κ3) is 2.98. The number of amides is 1. The monoisotopic (exact) mass is 323 g/mol. The number of aromatic nitrogens is 3. The van der Waals surface area contributed by atoms with Crippen LogP contribution in [0.1, 0.15) is 12.8 Å². The molecule has 4 heterocycles. The van der Waals surface area contributed by atoms with Gasteiger partial charge in [-0.15, -0.1) is 0 Å². The molecule has 0 saturated carbocycles. The highest BCUT2D eigenvalue weighted by Crippen LogP contribution is 2.22. The number of nitrogens with one attached hydrogen (secondary N) is 2. The number of hydrogen-bond donors (Lipinski definition) is 2. The van der Waals surface area contributed by atoms with Gasteiger partial charge in [-0.25, -0.2) is 15.0 Å². The normalized spacial score (nSPS) is 17.8. The van der Waals surface area contributed by atoms with Crippen molar-refractivity contribution in [3.05, 3.63) is 37.0 Å². The highest BCUT2D eigenvalue weighted by Gasteiger charge is 2.21. The Morgan fingerprint density at radius 1 is 1.33 bits per heavy atom. The number of pyridine rings is 2. The van der Waals surface area contributed by atoms with E-state index in [1.165, 1.54) is 6.39 Å². The molecule has 122 valence electrons. The van der Waals surface area contributed by atoms with E-state index in [4.69, 9.17) is 4.42 Å². The number of rotatable bonds is 3. The van der Waals surface area contributed by atoms with Crippen LogP contribution in [0, 0.1) is 5.92 Å². The molecule has 0 aliphatic carbocycles. The van der Waals surface area contributed by atoms with Crippen LogP contribution < -0.4 is 10.6 Å². The largest absolute Gasteiger partial charge is 0.442 e. The van der Waals surface area contributed by atoms with Gasteiger partial charge in [0.05, 0.1) is 17.6 Å². The molecule has 1 amide bonds. The number of nitrogens with zero attached hydrogens (tertiary/aromatic N) is 3. The average Bonchev–Trinajstić information content (AvgIpc) is 3.16. The van der Waals surface area contributed by atoms with Crippen LogP contribution in [-0.2, 0) is 4.79 Å². The van der Waals surface area contributed by atoms with E-state index in [1.54, 1.807) is 18.5 Å². The van der Waals surface area contributed by atoms with Crippen molar-refractivity contribution in [3.8, 4) is 11.5 Å². The minimum atomic E-state index is -0.00951. The molecule has 3 aromatic heterocycles. The average molecular weight is 323 g/mol. The van der Waals surface area contributed by atoms with Gasteiger partial charge in [-0.3, -0.25) is 4.79 Å². The lowest BCUT2D eigenvalue weighted by Crippen LogP contribution is -2.37. The highest BCUT2D eigenvalue weighted by atomic mass is 16.3. The zero-order valence-corrected chi connectivity index (χ0v) is 13.0. The Morgan fingerprint density at radius 3 is 3.08 bits per heavy atom. The summed E-state index contributed by atoms with van der Waals surface area (Å²) in [6.07, 6.45) is 6.62. The van der Waals surface area contributed by atoms with E-state index in [-0.39, 0.29) is 11.8 Å². The molecule has 7 heteroatoms. The second kappa shape index (κ2) is 6.37. The topological polar surface area (TPSA) is 92.9 Å². The summed E-state index contributed by atoms with van der Waals surface area (Å²) in [7, 11) is 0. The van der Waals surface area contributed by atoms with E-state index in [2.05, 4.69) is 25.6 Å². The van der Waals surface area contributed by atoms with Crippen LogP contribution in [0.15, 0.2) is 41.4 Å². The molecule has 4 rings (SSSR count). The van der Waals surface area contributed by atoms with E-state index in [0.29, 0.717) is 23.8 Å². The predicted octanol–water partition coefficient (Wildman–Crippen LogP) is 2.22. The smallest absolute Gasteiger partial charge is 0.229 e. The number of piperidine rings is 1. The van der Waals surface area contributed by atoms with E-state index in [9.17, 15) is 4.79 Å². The van der Waals surface area contributed by atoms with E-state index in [1.807, 2.05) is 12.1 Å². The van der Waals surface area contributed by atoms with Gasteiger partial charge in [0.25, 0.3) is 0 Å². The van der Waals surface area contributed by atoms with Crippen LogP contribution in [0.4, 0.5) is 5.82 Å². The van der Waals surface area contributed by atoms with Gasteiger partial charge in [-0.05, 0) is 31.5 Å². The third-order valence-electron chi connectivity index (χ3n) is 4.18. The summed E-state index contributed by atoms with van der Waals surface area (Å²) < 4.78 is 5.28. The molecule has 1 fully saturated rings. The first-order chi connectivity index (χ1) is 11.8. The minimum absolute atomic E-state index is 0.000407. The van der Waals surface area contributed by atoms with Gasteiger partial charge in [-0.1, -0.05) is 0 Å². The second-order valence-corrected chi connectivity index (χ2v) is 5.86. The number of anilines is 1. The number of carbonyl (C=O) groups excluding carboxylic acids is 1. The molecule has 1 aliphatic heterocycles. The molecular formula is C17H17N5O2. The molecular weight excluding hydrogens is 306 g/mol. The van der Waals surface area contributed by atoms with E-state index in [0.717, 1.165) is 30.3 Å². The Labute approximate surface area is 138 Å². The zero-order valence-electron chi connectivity index (χ0n) is 13.0. The van der Waals surface area contributed by atoms with E-state index >= 15 is 0 Å². The molecule has 24 heavy (non-hydrogen) atoms. The molecule has 1 unspecified atom stereocenters. The SMILES string of the molecule is O=C(Nc1cc2nc(-c3cnco3)ccc2cn1)C1CCCNC1. The number of hydrogen-bond acceptors (Lipinski definition) is 6. The zero-order chi connectivity index (χ0) is 16.4. The molecule has 1 atom stereocenters. The fourth-order valence-electron chi connectivity index (χ4n) is 2.87. The summed E-state index contributed by atoms with van der Waals surface area (Å²) >= 11 is 0. The lowest BCUT2D eigenvalue weighted by atomic mass is 9.99. The van der Waals surface area contributed by atoms with Crippen molar-refractivity contribution >= 4 is 22.6 Å². The van der Waals surface area contributed by atoms with Crippen LogP contribution in [0.2, 0.25) is 0 Å². The summed E-state index contributed by atoms with van der Waals surface area (Å²) in [5.74, 6) is 1.11. The number of oxazole rings is 1. The molecule has 0 spiro atoms. The van der Waals surface area contributed by atoms with Crippen molar-refractivity contribution in [1.82, 2.24) is 20.3 Å². The van der Waals surface area contributed by atoms with Crippen molar-refractivity contribution in [2.45, 2.75) is 12.8 Å². The van der Waals surface area contributed by atoms with Gasteiger partial charge >= 0.3 is 0 Å². The maximum absolute atomic E-state index is 12.3.